The first kappa shape index (κ1) is 24.8. The minimum Gasteiger partial charge on any atom is -0.452 e. The van der Waals surface area contributed by atoms with Crippen molar-refractivity contribution in [3.8, 4) is 0 Å². The van der Waals surface area contributed by atoms with Gasteiger partial charge in [-0.25, -0.2) is 0 Å². The van der Waals surface area contributed by atoms with Gasteiger partial charge < -0.3 is 13.6 Å². The van der Waals surface area contributed by atoms with Crippen molar-refractivity contribution in [3.05, 3.63) is 24.3 Å². The molecule has 0 aromatic rings. The topological polar surface area (TPSA) is 27.7 Å². The summed E-state index contributed by atoms with van der Waals surface area (Å²) in [4.78, 5) is 0. The van der Waals surface area contributed by atoms with E-state index >= 15 is 0 Å². The van der Waals surface area contributed by atoms with Crippen LogP contribution in [0.5, 0.6) is 0 Å². The van der Waals surface area contributed by atoms with Gasteiger partial charge >= 0.3 is 0 Å². The van der Waals surface area contributed by atoms with Crippen molar-refractivity contribution >= 4 is 16.6 Å². The van der Waals surface area contributed by atoms with Crippen LogP contribution in [-0.2, 0) is 13.6 Å². The van der Waals surface area contributed by atoms with E-state index in [1.54, 1.807) is 0 Å². The van der Waals surface area contributed by atoms with E-state index in [4.69, 9.17) is 13.6 Å². The van der Waals surface area contributed by atoms with Gasteiger partial charge in [-0.15, -0.1) is 0 Å². The third-order valence-electron chi connectivity index (χ3n) is 4.24. The zero-order chi connectivity index (χ0) is 19.7. The van der Waals surface area contributed by atoms with Crippen LogP contribution in [0, 0.1) is 0 Å². The van der Waals surface area contributed by atoms with Gasteiger partial charge in [-0.2, -0.15) is 0 Å². The molecule has 0 aliphatic heterocycles. The molecule has 0 saturated heterocycles. The van der Waals surface area contributed by atoms with Crippen LogP contribution in [0.3, 0.4) is 0 Å². The number of hydrogen-bond donors (Lipinski definition) is 0. The average Bonchev–Trinajstić information content (AvgIpc) is 2.45. The highest BCUT2D eigenvalue weighted by atomic mass is 28.4. The predicted octanol–water partition coefficient (Wildman–Crippen LogP) is 6.01. The summed E-state index contributed by atoms with van der Waals surface area (Å²) >= 11 is 0. The van der Waals surface area contributed by atoms with E-state index in [-0.39, 0.29) is 11.5 Å². The van der Waals surface area contributed by atoms with Crippen molar-refractivity contribution in [1.82, 2.24) is 0 Å². The summed E-state index contributed by atoms with van der Waals surface area (Å²) in [5, 5.41) is 0. The van der Waals surface area contributed by atoms with Gasteiger partial charge in [0.2, 0.25) is 16.6 Å². The number of rotatable bonds is 14. The SMILES string of the molecule is C=C(C)COC(CCC)[Si](C)(C)O[Si](C)(C)C(CCC)OCC(=C)C. The van der Waals surface area contributed by atoms with Crippen molar-refractivity contribution in [1.29, 1.82) is 0 Å². The van der Waals surface area contributed by atoms with Gasteiger partial charge in [0.05, 0.1) is 24.7 Å². The van der Waals surface area contributed by atoms with Crippen molar-refractivity contribution < 1.29 is 13.6 Å². The minimum atomic E-state index is -2.01. The van der Waals surface area contributed by atoms with Gasteiger partial charge in [0.15, 0.2) is 0 Å². The van der Waals surface area contributed by atoms with Crippen LogP contribution in [0.2, 0.25) is 26.2 Å². The third kappa shape index (κ3) is 9.90. The van der Waals surface area contributed by atoms with Crippen LogP contribution in [0.1, 0.15) is 53.4 Å². The Hall–Kier alpha value is -0.206. The average molecular weight is 387 g/mol. The zero-order valence-electron chi connectivity index (χ0n) is 18.0. The molecule has 0 aliphatic carbocycles. The van der Waals surface area contributed by atoms with Crippen molar-refractivity contribution in [2.24, 2.45) is 0 Å². The van der Waals surface area contributed by atoms with Crippen LogP contribution >= 0.6 is 0 Å². The maximum atomic E-state index is 6.89. The first-order chi connectivity index (χ1) is 11.5. The van der Waals surface area contributed by atoms with Crippen LogP contribution in [-0.4, -0.2) is 41.3 Å². The number of ether oxygens (including phenoxy) is 2. The molecule has 0 rings (SSSR count). The smallest absolute Gasteiger partial charge is 0.202 e. The molecule has 3 nitrogen and oxygen atoms in total. The Balaban J connectivity index is 5.17. The minimum absolute atomic E-state index is 0.199. The van der Waals surface area contributed by atoms with Crippen LogP contribution in [0.25, 0.3) is 0 Å². The first-order valence-corrected chi connectivity index (χ1v) is 15.7. The molecule has 25 heavy (non-hydrogen) atoms. The van der Waals surface area contributed by atoms with Crippen LogP contribution in [0.15, 0.2) is 24.3 Å². The Morgan fingerprint density at radius 3 is 1.32 bits per heavy atom. The van der Waals surface area contributed by atoms with E-state index in [2.05, 4.69) is 53.2 Å². The van der Waals surface area contributed by atoms with Crippen molar-refractivity contribution in [3.63, 3.8) is 0 Å². The van der Waals surface area contributed by atoms with E-state index in [1.807, 2.05) is 13.8 Å². The highest BCUT2D eigenvalue weighted by Crippen LogP contribution is 2.28. The second kappa shape index (κ2) is 11.5. The lowest BCUT2D eigenvalue weighted by Crippen LogP contribution is -2.58. The second-order valence-electron chi connectivity index (χ2n) is 8.40. The molecule has 2 atom stereocenters. The highest BCUT2D eigenvalue weighted by molar-refractivity contribution is 6.86. The summed E-state index contributed by atoms with van der Waals surface area (Å²) in [7, 11) is -4.02. The van der Waals surface area contributed by atoms with E-state index in [9.17, 15) is 0 Å². The fourth-order valence-electron chi connectivity index (χ4n) is 3.08. The lowest BCUT2D eigenvalue weighted by molar-refractivity contribution is 0.0898. The maximum Gasteiger partial charge on any atom is 0.202 e. The van der Waals surface area contributed by atoms with Gasteiger partial charge in [-0.1, -0.05) is 51.0 Å². The molecule has 0 saturated carbocycles. The molecule has 0 spiro atoms. The third-order valence-corrected chi connectivity index (χ3v) is 12.5. The summed E-state index contributed by atoms with van der Waals surface area (Å²) in [5.74, 6) is 0. The van der Waals surface area contributed by atoms with E-state index < -0.39 is 16.6 Å². The fraction of sp³-hybridized carbons (Fsp3) is 0.800. The largest absolute Gasteiger partial charge is 0.452 e. The lowest BCUT2D eigenvalue weighted by atomic mass is 10.3. The van der Waals surface area contributed by atoms with Crippen molar-refractivity contribution in [2.45, 2.75) is 91.0 Å². The number of hydrogen-bond acceptors (Lipinski definition) is 3. The van der Waals surface area contributed by atoms with Gasteiger partial charge in [0.25, 0.3) is 0 Å². The Morgan fingerprint density at radius 2 is 1.08 bits per heavy atom. The molecular weight excluding hydrogens is 344 g/mol. The zero-order valence-corrected chi connectivity index (χ0v) is 20.0. The summed E-state index contributed by atoms with van der Waals surface area (Å²) in [6, 6.07) is 0. The normalized spacial score (nSPS) is 15.0. The summed E-state index contributed by atoms with van der Waals surface area (Å²) in [6.07, 6.45) is 4.30. The van der Waals surface area contributed by atoms with Gasteiger partial charge in [0.1, 0.15) is 0 Å². The Bertz CT molecular complexity index is 381. The molecule has 0 amide bonds. The fourth-order valence-corrected chi connectivity index (χ4v) is 12.5. The van der Waals surface area contributed by atoms with E-state index in [1.165, 1.54) is 0 Å². The summed E-state index contributed by atoms with van der Waals surface area (Å²) in [6.45, 7) is 26.8. The molecular formula is C20H42O3Si2. The molecule has 5 heteroatoms. The monoisotopic (exact) mass is 386 g/mol. The molecule has 0 heterocycles. The first-order valence-electron chi connectivity index (χ1n) is 9.68. The molecule has 0 aliphatic rings. The summed E-state index contributed by atoms with van der Waals surface area (Å²) in [5.41, 5.74) is 2.53. The van der Waals surface area contributed by atoms with Gasteiger partial charge in [0, 0.05) is 0 Å². The molecule has 2 unspecified atom stereocenters. The standard InChI is InChI=1S/C20H42O3Si2/c1-11-13-19(21-15-17(3)4)24(7,8)23-25(9,10)20(14-12-2)22-16-18(5)6/h19-20H,3,5,11-16H2,1-2,4,6-10H3. The van der Waals surface area contributed by atoms with Gasteiger partial charge in [-0.3, -0.25) is 0 Å². The van der Waals surface area contributed by atoms with Crippen LogP contribution < -0.4 is 0 Å². The Kier molecular flexibility index (Phi) is 11.4. The van der Waals surface area contributed by atoms with E-state index in [0.29, 0.717) is 13.2 Å². The summed E-state index contributed by atoms with van der Waals surface area (Å²) < 4.78 is 19.3. The van der Waals surface area contributed by atoms with Crippen LogP contribution in [0.4, 0.5) is 0 Å². The second-order valence-corrected chi connectivity index (χ2v) is 16.9. The van der Waals surface area contributed by atoms with Crippen molar-refractivity contribution in [2.75, 3.05) is 13.2 Å². The van der Waals surface area contributed by atoms with E-state index in [0.717, 1.165) is 36.8 Å². The molecule has 0 bridgehead atoms. The quantitative estimate of drug-likeness (QED) is 0.270. The molecule has 148 valence electrons. The Labute approximate surface area is 159 Å². The van der Waals surface area contributed by atoms with Gasteiger partial charge in [-0.05, 0) is 52.9 Å². The molecule has 0 aromatic carbocycles. The molecule has 0 N–H and O–H groups in total. The molecule has 0 radical (unpaired) electrons. The lowest BCUT2D eigenvalue weighted by Gasteiger charge is -2.42. The molecule has 0 aromatic heterocycles. The highest BCUT2D eigenvalue weighted by Gasteiger charge is 2.44. The molecule has 0 fully saturated rings. The predicted molar refractivity (Wildman–Crippen MR) is 115 cm³/mol. The Morgan fingerprint density at radius 1 is 0.760 bits per heavy atom. The maximum absolute atomic E-state index is 6.89.